The molecule has 7 nitrogen and oxygen atoms in total. The SMILES string of the molecule is CCC(=O)Nc1ccc(C(=O)NCCNS(=O)(=O)c2ccc(Cl)cc2)cc1. The maximum Gasteiger partial charge on any atom is 0.251 e. The van der Waals surface area contributed by atoms with Crippen LogP contribution < -0.4 is 15.4 Å². The van der Waals surface area contributed by atoms with E-state index >= 15 is 0 Å². The molecule has 0 unspecified atom stereocenters. The number of anilines is 1. The van der Waals surface area contributed by atoms with E-state index in [9.17, 15) is 18.0 Å². The van der Waals surface area contributed by atoms with Gasteiger partial charge in [-0.2, -0.15) is 0 Å². The van der Waals surface area contributed by atoms with Crippen LogP contribution in [0.25, 0.3) is 0 Å². The molecule has 0 fully saturated rings. The van der Waals surface area contributed by atoms with Crippen LogP contribution in [0, 0.1) is 0 Å². The predicted octanol–water partition coefficient (Wildman–Crippen LogP) is 2.40. The summed E-state index contributed by atoms with van der Waals surface area (Å²) < 4.78 is 26.6. The van der Waals surface area contributed by atoms with Crippen LogP contribution in [0.4, 0.5) is 5.69 Å². The fourth-order valence-electron chi connectivity index (χ4n) is 2.11. The van der Waals surface area contributed by atoms with Crippen molar-refractivity contribution in [3.05, 3.63) is 59.1 Å². The molecule has 0 heterocycles. The molecule has 0 radical (unpaired) electrons. The minimum atomic E-state index is -3.66. The molecular weight excluding hydrogens is 390 g/mol. The number of carbonyl (C=O) groups is 2. The Morgan fingerprint density at radius 1 is 0.963 bits per heavy atom. The molecule has 144 valence electrons. The van der Waals surface area contributed by atoms with E-state index in [0.29, 0.717) is 22.7 Å². The number of halogens is 1. The van der Waals surface area contributed by atoms with E-state index in [1.807, 2.05) is 0 Å². The first-order chi connectivity index (χ1) is 12.8. The number of nitrogens with one attached hydrogen (secondary N) is 3. The fraction of sp³-hybridized carbons (Fsp3) is 0.222. The summed E-state index contributed by atoms with van der Waals surface area (Å²) in [5, 5.41) is 5.77. The van der Waals surface area contributed by atoms with Crippen molar-refractivity contribution in [3.63, 3.8) is 0 Å². The molecule has 0 bridgehead atoms. The van der Waals surface area contributed by atoms with Crippen LogP contribution in [-0.2, 0) is 14.8 Å². The van der Waals surface area contributed by atoms with Crippen LogP contribution in [0.2, 0.25) is 5.02 Å². The molecule has 0 aliphatic carbocycles. The smallest absolute Gasteiger partial charge is 0.251 e. The fourth-order valence-corrected chi connectivity index (χ4v) is 3.27. The second-order valence-electron chi connectivity index (χ2n) is 5.59. The predicted molar refractivity (Wildman–Crippen MR) is 104 cm³/mol. The third-order valence-corrected chi connectivity index (χ3v) is 5.31. The van der Waals surface area contributed by atoms with Crippen LogP contribution in [0.5, 0.6) is 0 Å². The largest absolute Gasteiger partial charge is 0.351 e. The zero-order chi connectivity index (χ0) is 19.9. The van der Waals surface area contributed by atoms with Gasteiger partial charge in [-0.05, 0) is 48.5 Å². The first-order valence-electron chi connectivity index (χ1n) is 8.25. The molecule has 27 heavy (non-hydrogen) atoms. The van der Waals surface area contributed by atoms with Crippen molar-refractivity contribution in [1.29, 1.82) is 0 Å². The summed E-state index contributed by atoms with van der Waals surface area (Å²) in [6.07, 6.45) is 0.369. The molecule has 2 amide bonds. The van der Waals surface area contributed by atoms with Crippen LogP contribution >= 0.6 is 11.6 Å². The molecule has 0 aliphatic heterocycles. The minimum Gasteiger partial charge on any atom is -0.351 e. The lowest BCUT2D eigenvalue weighted by Gasteiger charge is -2.09. The van der Waals surface area contributed by atoms with Gasteiger partial charge in [0.2, 0.25) is 15.9 Å². The lowest BCUT2D eigenvalue weighted by atomic mass is 10.2. The van der Waals surface area contributed by atoms with Crippen molar-refractivity contribution in [1.82, 2.24) is 10.0 Å². The average molecular weight is 410 g/mol. The van der Waals surface area contributed by atoms with E-state index in [0.717, 1.165) is 0 Å². The number of hydrogen-bond donors (Lipinski definition) is 3. The van der Waals surface area contributed by atoms with Crippen molar-refractivity contribution in [2.75, 3.05) is 18.4 Å². The summed E-state index contributed by atoms with van der Waals surface area (Å²) in [5.74, 6) is -0.450. The second kappa shape index (κ2) is 9.50. The normalized spacial score (nSPS) is 11.0. The molecule has 2 aromatic rings. The summed E-state index contributed by atoms with van der Waals surface area (Å²) in [6.45, 7) is 1.92. The van der Waals surface area contributed by atoms with Gasteiger partial charge in [0.25, 0.3) is 5.91 Å². The van der Waals surface area contributed by atoms with Gasteiger partial charge in [0.15, 0.2) is 0 Å². The lowest BCUT2D eigenvalue weighted by Crippen LogP contribution is -2.34. The highest BCUT2D eigenvalue weighted by molar-refractivity contribution is 7.89. The molecule has 0 aromatic heterocycles. The quantitative estimate of drug-likeness (QED) is 0.582. The Balaban J connectivity index is 1.82. The highest BCUT2D eigenvalue weighted by Crippen LogP contribution is 2.13. The Kier molecular flexibility index (Phi) is 7.35. The highest BCUT2D eigenvalue weighted by atomic mass is 35.5. The van der Waals surface area contributed by atoms with Gasteiger partial charge in [0.1, 0.15) is 0 Å². The molecule has 0 saturated heterocycles. The van der Waals surface area contributed by atoms with E-state index in [2.05, 4.69) is 15.4 Å². The molecule has 0 aliphatic rings. The maximum absolute atomic E-state index is 12.1. The monoisotopic (exact) mass is 409 g/mol. The standard InChI is InChI=1S/C18H20ClN3O4S/c1-2-17(23)22-15-7-3-13(4-8-15)18(24)20-11-12-21-27(25,26)16-9-5-14(19)6-10-16/h3-10,21H,2,11-12H2,1H3,(H,20,24)(H,22,23). The van der Waals surface area contributed by atoms with Gasteiger partial charge in [-0.15, -0.1) is 0 Å². The van der Waals surface area contributed by atoms with Gasteiger partial charge in [-0.25, -0.2) is 13.1 Å². The van der Waals surface area contributed by atoms with Crippen molar-refractivity contribution in [3.8, 4) is 0 Å². The van der Waals surface area contributed by atoms with Gasteiger partial charge in [0, 0.05) is 35.8 Å². The topological polar surface area (TPSA) is 104 Å². The number of rotatable bonds is 8. The molecule has 0 saturated carbocycles. The number of amides is 2. The van der Waals surface area contributed by atoms with Crippen molar-refractivity contribution >= 4 is 39.1 Å². The number of sulfonamides is 1. The van der Waals surface area contributed by atoms with E-state index in [1.54, 1.807) is 31.2 Å². The second-order valence-corrected chi connectivity index (χ2v) is 7.79. The molecule has 0 spiro atoms. The van der Waals surface area contributed by atoms with Crippen LogP contribution in [0.3, 0.4) is 0 Å². The summed E-state index contributed by atoms with van der Waals surface area (Å²) >= 11 is 5.74. The minimum absolute atomic E-state index is 0.0430. The van der Waals surface area contributed by atoms with Gasteiger partial charge < -0.3 is 10.6 Å². The lowest BCUT2D eigenvalue weighted by molar-refractivity contribution is -0.115. The van der Waals surface area contributed by atoms with E-state index < -0.39 is 10.0 Å². The summed E-state index contributed by atoms with van der Waals surface area (Å²) in [4.78, 5) is 23.5. The molecule has 2 aromatic carbocycles. The van der Waals surface area contributed by atoms with Crippen LogP contribution in [0.15, 0.2) is 53.4 Å². The highest BCUT2D eigenvalue weighted by Gasteiger charge is 2.13. The molecule has 2 rings (SSSR count). The first kappa shape index (κ1) is 20.9. The Morgan fingerprint density at radius 3 is 2.19 bits per heavy atom. The van der Waals surface area contributed by atoms with Crippen LogP contribution in [-0.4, -0.2) is 33.3 Å². The zero-order valence-corrected chi connectivity index (χ0v) is 16.2. The van der Waals surface area contributed by atoms with Gasteiger partial charge in [-0.1, -0.05) is 18.5 Å². The van der Waals surface area contributed by atoms with Gasteiger partial charge >= 0.3 is 0 Å². The third-order valence-electron chi connectivity index (χ3n) is 3.58. The molecular formula is C18H20ClN3O4S. The van der Waals surface area contributed by atoms with E-state index in [1.165, 1.54) is 24.3 Å². The number of hydrogen-bond acceptors (Lipinski definition) is 4. The number of carbonyl (C=O) groups excluding carboxylic acids is 2. The third kappa shape index (κ3) is 6.35. The molecule has 0 atom stereocenters. The van der Waals surface area contributed by atoms with Crippen molar-refractivity contribution in [2.24, 2.45) is 0 Å². The molecule has 9 heteroatoms. The Hall–Kier alpha value is -2.42. The van der Waals surface area contributed by atoms with Gasteiger partial charge in [0.05, 0.1) is 4.90 Å². The van der Waals surface area contributed by atoms with Crippen molar-refractivity contribution < 1.29 is 18.0 Å². The summed E-state index contributed by atoms with van der Waals surface area (Å²) in [6, 6.07) is 12.2. The maximum atomic E-state index is 12.1. The van der Waals surface area contributed by atoms with Gasteiger partial charge in [-0.3, -0.25) is 9.59 Å². The Bertz CT molecular complexity index is 897. The van der Waals surface area contributed by atoms with E-state index in [-0.39, 0.29) is 29.8 Å². The summed E-state index contributed by atoms with van der Waals surface area (Å²) in [7, 11) is -3.66. The number of benzene rings is 2. The van der Waals surface area contributed by atoms with E-state index in [4.69, 9.17) is 11.6 Å². The summed E-state index contributed by atoms with van der Waals surface area (Å²) in [5.41, 5.74) is 1.01. The van der Waals surface area contributed by atoms with Crippen molar-refractivity contribution in [2.45, 2.75) is 18.2 Å². The zero-order valence-electron chi connectivity index (χ0n) is 14.7. The Labute approximate surface area is 163 Å². The van der Waals surface area contributed by atoms with Crippen LogP contribution in [0.1, 0.15) is 23.7 Å². The average Bonchev–Trinajstić information content (AvgIpc) is 2.66. The molecule has 3 N–H and O–H groups in total. The first-order valence-corrected chi connectivity index (χ1v) is 10.1. The Morgan fingerprint density at radius 2 is 1.59 bits per heavy atom.